The van der Waals surface area contributed by atoms with Gasteiger partial charge in [0.15, 0.2) is 11.6 Å². The quantitative estimate of drug-likeness (QED) is 0.801. The predicted octanol–water partition coefficient (Wildman–Crippen LogP) is 3.40. The zero-order chi connectivity index (χ0) is 15.4. The van der Waals surface area contributed by atoms with Crippen molar-refractivity contribution in [3.63, 3.8) is 0 Å². The molecule has 0 aliphatic carbocycles. The molecule has 2 rings (SSSR count). The maximum absolute atomic E-state index is 9.43. The van der Waals surface area contributed by atoms with Crippen LogP contribution in [-0.2, 0) is 0 Å². The molecule has 0 unspecified atom stereocenters. The summed E-state index contributed by atoms with van der Waals surface area (Å²) >= 11 is 0. The SMILES string of the molecule is CNc1nc(Nc2ccc(C)cc2)c(C#N)c(C)c1NC. The first kappa shape index (κ1) is 14.7. The first-order valence-electron chi connectivity index (χ1n) is 6.74. The predicted molar refractivity (Wildman–Crippen MR) is 87.2 cm³/mol. The van der Waals surface area contributed by atoms with Crippen LogP contribution in [0.25, 0.3) is 0 Å². The number of nitrogens with zero attached hydrogens (tertiary/aromatic N) is 2. The fourth-order valence-corrected chi connectivity index (χ4v) is 2.19. The largest absolute Gasteiger partial charge is 0.385 e. The summed E-state index contributed by atoms with van der Waals surface area (Å²) in [5.74, 6) is 1.27. The third kappa shape index (κ3) is 2.90. The highest BCUT2D eigenvalue weighted by molar-refractivity contribution is 5.78. The Labute approximate surface area is 125 Å². The van der Waals surface area contributed by atoms with E-state index in [1.165, 1.54) is 5.56 Å². The van der Waals surface area contributed by atoms with Crippen LogP contribution in [0.15, 0.2) is 24.3 Å². The van der Waals surface area contributed by atoms with E-state index in [2.05, 4.69) is 27.0 Å². The Hall–Kier alpha value is -2.74. The molecule has 0 spiro atoms. The van der Waals surface area contributed by atoms with Crippen LogP contribution in [0.5, 0.6) is 0 Å². The van der Waals surface area contributed by atoms with Gasteiger partial charge in [-0.05, 0) is 31.5 Å². The molecular formula is C16H19N5. The van der Waals surface area contributed by atoms with Gasteiger partial charge in [-0.25, -0.2) is 4.98 Å². The van der Waals surface area contributed by atoms with Crippen molar-refractivity contribution in [2.24, 2.45) is 0 Å². The molecule has 108 valence electrons. The first-order valence-corrected chi connectivity index (χ1v) is 6.74. The summed E-state index contributed by atoms with van der Waals surface area (Å²) in [4.78, 5) is 4.50. The van der Waals surface area contributed by atoms with Crippen molar-refractivity contribution >= 4 is 23.0 Å². The molecule has 0 radical (unpaired) electrons. The number of pyridine rings is 1. The number of hydrogen-bond donors (Lipinski definition) is 3. The number of nitriles is 1. The van der Waals surface area contributed by atoms with Gasteiger partial charge in [0.25, 0.3) is 0 Å². The highest BCUT2D eigenvalue weighted by Crippen LogP contribution is 2.31. The van der Waals surface area contributed by atoms with Gasteiger partial charge in [0.1, 0.15) is 6.07 Å². The summed E-state index contributed by atoms with van der Waals surface area (Å²) in [6.07, 6.45) is 0. The molecule has 0 saturated heterocycles. The zero-order valence-corrected chi connectivity index (χ0v) is 12.7. The Morgan fingerprint density at radius 1 is 1.00 bits per heavy atom. The smallest absolute Gasteiger partial charge is 0.151 e. The number of nitrogens with one attached hydrogen (secondary N) is 3. The average molecular weight is 281 g/mol. The monoisotopic (exact) mass is 281 g/mol. The first-order chi connectivity index (χ1) is 10.1. The minimum atomic E-state index is 0.541. The van der Waals surface area contributed by atoms with Crippen molar-refractivity contribution in [2.45, 2.75) is 13.8 Å². The molecule has 21 heavy (non-hydrogen) atoms. The molecule has 0 aliphatic heterocycles. The maximum atomic E-state index is 9.43. The van der Waals surface area contributed by atoms with Crippen molar-refractivity contribution < 1.29 is 0 Å². The minimum Gasteiger partial charge on any atom is -0.385 e. The van der Waals surface area contributed by atoms with Gasteiger partial charge in [-0.2, -0.15) is 5.26 Å². The molecule has 5 nitrogen and oxygen atoms in total. The van der Waals surface area contributed by atoms with Crippen LogP contribution in [0.4, 0.5) is 23.0 Å². The molecule has 3 N–H and O–H groups in total. The zero-order valence-electron chi connectivity index (χ0n) is 12.7. The van der Waals surface area contributed by atoms with Crippen LogP contribution in [0, 0.1) is 25.2 Å². The molecule has 0 aliphatic rings. The van der Waals surface area contributed by atoms with E-state index in [9.17, 15) is 5.26 Å². The lowest BCUT2D eigenvalue weighted by molar-refractivity contribution is 1.22. The van der Waals surface area contributed by atoms with Gasteiger partial charge in [0.2, 0.25) is 0 Å². The summed E-state index contributed by atoms with van der Waals surface area (Å²) in [5.41, 5.74) is 4.34. The highest BCUT2D eigenvalue weighted by Gasteiger charge is 2.15. The summed E-state index contributed by atoms with van der Waals surface area (Å²) in [7, 11) is 3.63. The van der Waals surface area contributed by atoms with E-state index in [4.69, 9.17) is 0 Å². The summed E-state index contributed by atoms with van der Waals surface area (Å²) < 4.78 is 0. The molecule has 5 heteroatoms. The lowest BCUT2D eigenvalue weighted by Gasteiger charge is -2.16. The molecule has 0 atom stereocenters. The van der Waals surface area contributed by atoms with Crippen molar-refractivity contribution in [1.82, 2.24) is 4.98 Å². The normalized spacial score (nSPS) is 9.86. The summed E-state index contributed by atoms with van der Waals surface area (Å²) in [6.45, 7) is 3.95. The lowest BCUT2D eigenvalue weighted by Crippen LogP contribution is -2.07. The number of anilines is 4. The van der Waals surface area contributed by atoms with Crippen LogP contribution in [-0.4, -0.2) is 19.1 Å². The number of rotatable bonds is 4. The fourth-order valence-electron chi connectivity index (χ4n) is 2.19. The van der Waals surface area contributed by atoms with Crippen molar-refractivity contribution in [2.75, 3.05) is 30.0 Å². The summed E-state index contributed by atoms with van der Waals surface area (Å²) in [5, 5.41) is 18.8. The molecule has 1 heterocycles. The Morgan fingerprint density at radius 2 is 1.67 bits per heavy atom. The molecule has 1 aromatic heterocycles. The second-order valence-electron chi connectivity index (χ2n) is 4.79. The van der Waals surface area contributed by atoms with Crippen LogP contribution < -0.4 is 16.0 Å². The molecule has 0 fully saturated rings. The Bertz CT molecular complexity index is 683. The van der Waals surface area contributed by atoms with Gasteiger partial charge >= 0.3 is 0 Å². The van der Waals surface area contributed by atoms with E-state index in [-0.39, 0.29) is 0 Å². The molecule has 0 bridgehead atoms. The number of hydrogen-bond acceptors (Lipinski definition) is 5. The third-order valence-corrected chi connectivity index (χ3v) is 3.36. The molecule has 2 aromatic rings. The van der Waals surface area contributed by atoms with Gasteiger partial charge in [-0.1, -0.05) is 17.7 Å². The highest BCUT2D eigenvalue weighted by atomic mass is 15.1. The third-order valence-electron chi connectivity index (χ3n) is 3.36. The van der Waals surface area contributed by atoms with Gasteiger partial charge < -0.3 is 16.0 Å². The maximum Gasteiger partial charge on any atom is 0.151 e. The van der Waals surface area contributed by atoms with Crippen molar-refractivity contribution in [3.8, 4) is 6.07 Å². The van der Waals surface area contributed by atoms with E-state index < -0.39 is 0 Å². The van der Waals surface area contributed by atoms with Crippen LogP contribution >= 0.6 is 0 Å². The Kier molecular flexibility index (Phi) is 4.29. The molecule has 0 amide bonds. The van der Waals surface area contributed by atoms with E-state index in [1.54, 1.807) is 0 Å². The Morgan fingerprint density at radius 3 is 2.19 bits per heavy atom. The van der Waals surface area contributed by atoms with E-state index >= 15 is 0 Å². The lowest BCUT2D eigenvalue weighted by atomic mass is 10.1. The van der Waals surface area contributed by atoms with Gasteiger partial charge in [-0.3, -0.25) is 0 Å². The van der Waals surface area contributed by atoms with Gasteiger partial charge in [-0.15, -0.1) is 0 Å². The van der Waals surface area contributed by atoms with E-state index in [1.807, 2.05) is 52.2 Å². The second-order valence-corrected chi connectivity index (χ2v) is 4.79. The van der Waals surface area contributed by atoms with E-state index in [0.717, 1.165) is 16.9 Å². The molecular weight excluding hydrogens is 262 g/mol. The van der Waals surface area contributed by atoms with E-state index in [0.29, 0.717) is 17.2 Å². The van der Waals surface area contributed by atoms with Gasteiger partial charge in [0, 0.05) is 19.8 Å². The Balaban J connectivity index is 2.50. The topological polar surface area (TPSA) is 72.8 Å². The second kappa shape index (κ2) is 6.14. The number of aryl methyl sites for hydroxylation is 1. The molecule has 1 aromatic carbocycles. The number of aromatic nitrogens is 1. The standard InChI is InChI=1S/C16H19N5/c1-10-5-7-12(8-6-10)20-15-13(9-17)11(2)14(18-3)16(19-4)21-15/h5-8,18H,1-4H3,(H2,19,20,21). The average Bonchev–Trinajstić information content (AvgIpc) is 2.49. The summed E-state index contributed by atoms with van der Waals surface area (Å²) in [6, 6.07) is 10.2. The molecule has 0 saturated carbocycles. The van der Waals surface area contributed by atoms with Crippen molar-refractivity contribution in [1.29, 1.82) is 5.26 Å². The minimum absolute atomic E-state index is 0.541. The van der Waals surface area contributed by atoms with Crippen LogP contribution in [0.1, 0.15) is 16.7 Å². The fraction of sp³-hybridized carbons (Fsp3) is 0.250. The number of benzene rings is 1. The van der Waals surface area contributed by atoms with Gasteiger partial charge in [0.05, 0.1) is 11.3 Å². The van der Waals surface area contributed by atoms with Crippen LogP contribution in [0.3, 0.4) is 0 Å². The van der Waals surface area contributed by atoms with Crippen molar-refractivity contribution in [3.05, 3.63) is 41.0 Å². The van der Waals surface area contributed by atoms with Crippen LogP contribution in [0.2, 0.25) is 0 Å².